The molecule has 8 rings (SSSR count). The van der Waals surface area contributed by atoms with E-state index in [2.05, 4.69) is 37.4 Å². The number of carbonyl (C=O) groups is 2. The summed E-state index contributed by atoms with van der Waals surface area (Å²) in [6.45, 7) is 15.6. The minimum Gasteiger partial charge on any atom is -0.508 e. The van der Waals surface area contributed by atoms with Gasteiger partial charge in [0.2, 0.25) is 5.78 Å². The fourth-order valence-corrected chi connectivity index (χ4v) is 10.6. The molecule has 0 bridgehead atoms. The smallest absolute Gasteiger partial charge is 0.265 e. The van der Waals surface area contributed by atoms with Crippen molar-refractivity contribution in [3.8, 4) is 11.6 Å². The third-order valence-electron chi connectivity index (χ3n) is 13.0. The molecule has 4 aliphatic rings. The number of aromatic nitrogens is 1. The van der Waals surface area contributed by atoms with E-state index in [9.17, 15) is 5.11 Å². The van der Waals surface area contributed by atoms with Gasteiger partial charge < -0.3 is 23.5 Å². The number of aliphatic hydroxyl groups is 1. The van der Waals surface area contributed by atoms with Crippen molar-refractivity contribution in [3.63, 3.8) is 0 Å². The summed E-state index contributed by atoms with van der Waals surface area (Å²) >= 11 is 0. The molecule has 2 heterocycles. The van der Waals surface area contributed by atoms with Gasteiger partial charge in [0.15, 0.2) is 25.5 Å². The highest BCUT2D eigenvalue weighted by Crippen LogP contribution is 2.60. The second kappa shape index (κ2) is 14.7. The zero-order valence-electron chi connectivity index (χ0n) is 34.4. The first-order valence-corrected chi connectivity index (χ1v) is 22.9. The third-order valence-corrected chi connectivity index (χ3v) is 17.4. The number of Topliss-reactive ketones (excluding diaryl/α,β-unsaturated/α-hetero) is 2. The molecule has 0 saturated carbocycles. The molecular weight excluding hydrogens is 754 g/mol. The molecule has 58 heavy (non-hydrogen) atoms. The van der Waals surface area contributed by atoms with Gasteiger partial charge in [0.25, 0.3) is 5.88 Å². The van der Waals surface area contributed by atoms with Crippen LogP contribution in [0.2, 0.25) is 18.1 Å². The number of benzene rings is 3. The Balaban J connectivity index is 1.32. The van der Waals surface area contributed by atoms with Crippen molar-refractivity contribution in [2.24, 2.45) is 11.8 Å². The van der Waals surface area contributed by atoms with E-state index in [1.807, 2.05) is 92.8 Å². The molecule has 0 fully saturated rings. The standard InChI is InChI=1S/C46H52FN3O7Si/c1-9-20-50-23-31-32(24-50)40(54-25-27-16-12-10-13-17-27)35-30(37(31)47)21-29-22-33-38(49(5)6)41-36(44(48-56-41)55-26-28-18-14-11-15-19-28)43(53)46(33,42(52)34(29)39(35)51)57-58(7,8)45(2,3)4/h9-19,29,33,38,52H,1,20-26H2,2-8H3/t29-,33-,38-,46-/m0/s1. The fourth-order valence-electron chi connectivity index (χ4n) is 9.17. The van der Waals surface area contributed by atoms with E-state index in [4.69, 9.17) is 18.4 Å². The van der Waals surface area contributed by atoms with Crippen LogP contribution in [0, 0.1) is 17.7 Å². The third kappa shape index (κ3) is 6.36. The van der Waals surface area contributed by atoms with Crippen LogP contribution in [0.4, 0.5) is 4.39 Å². The van der Waals surface area contributed by atoms with E-state index in [0.29, 0.717) is 42.3 Å². The molecule has 3 aromatic carbocycles. The lowest BCUT2D eigenvalue weighted by molar-refractivity contribution is -0.0481. The Labute approximate surface area is 340 Å². The summed E-state index contributed by atoms with van der Waals surface area (Å²) in [7, 11) is 0.819. The van der Waals surface area contributed by atoms with Gasteiger partial charge in [-0.3, -0.25) is 19.4 Å². The summed E-state index contributed by atoms with van der Waals surface area (Å²) < 4.78 is 43.1. The van der Waals surface area contributed by atoms with Crippen molar-refractivity contribution in [2.45, 2.75) is 89.7 Å². The number of halogens is 1. The van der Waals surface area contributed by atoms with Gasteiger partial charge in [0, 0.05) is 47.8 Å². The number of fused-ring (bicyclic) bond motifs is 5. The van der Waals surface area contributed by atoms with Crippen LogP contribution in [0.5, 0.6) is 11.6 Å². The molecular formula is C46H52FN3O7Si. The van der Waals surface area contributed by atoms with E-state index < -0.39 is 60.0 Å². The van der Waals surface area contributed by atoms with Crippen LogP contribution in [0.15, 0.2) is 89.2 Å². The van der Waals surface area contributed by atoms with Gasteiger partial charge in [-0.25, -0.2) is 4.39 Å². The maximum atomic E-state index is 17.0. The van der Waals surface area contributed by atoms with Gasteiger partial charge in [0.1, 0.15) is 36.1 Å². The summed E-state index contributed by atoms with van der Waals surface area (Å²) in [6.07, 6.45) is 2.13. The average molecular weight is 806 g/mol. The molecule has 0 radical (unpaired) electrons. The number of aliphatic hydroxyl groups excluding tert-OH is 1. The van der Waals surface area contributed by atoms with Gasteiger partial charge in [-0.2, -0.15) is 0 Å². The van der Waals surface area contributed by atoms with Gasteiger partial charge >= 0.3 is 0 Å². The number of allylic oxidation sites excluding steroid dienone is 1. The van der Waals surface area contributed by atoms with Crippen LogP contribution >= 0.6 is 0 Å². The number of hydrogen-bond acceptors (Lipinski definition) is 10. The van der Waals surface area contributed by atoms with E-state index in [1.165, 1.54) is 0 Å². The molecule has 0 spiro atoms. The predicted molar refractivity (Wildman–Crippen MR) is 220 cm³/mol. The van der Waals surface area contributed by atoms with Crippen LogP contribution in [0.25, 0.3) is 0 Å². The highest BCUT2D eigenvalue weighted by Gasteiger charge is 2.67. The van der Waals surface area contributed by atoms with Gasteiger partial charge in [-0.1, -0.05) is 87.5 Å². The first-order chi connectivity index (χ1) is 27.6. The van der Waals surface area contributed by atoms with E-state index >= 15 is 14.0 Å². The van der Waals surface area contributed by atoms with Gasteiger partial charge in [-0.05, 0) is 67.3 Å². The van der Waals surface area contributed by atoms with Crippen molar-refractivity contribution in [1.29, 1.82) is 0 Å². The van der Waals surface area contributed by atoms with E-state index in [1.54, 1.807) is 6.08 Å². The number of ether oxygens (including phenoxy) is 2. The highest BCUT2D eigenvalue weighted by atomic mass is 28.4. The maximum Gasteiger partial charge on any atom is 0.265 e. The van der Waals surface area contributed by atoms with Crippen LogP contribution in [-0.4, -0.2) is 66.2 Å². The van der Waals surface area contributed by atoms with Crippen LogP contribution < -0.4 is 9.47 Å². The normalized spacial score (nSPS) is 22.9. The quantitative estimate of drug-likeness (QED) is 0.116. The first-order valence-electron chi connectivity index (χ1n) is 20.0. The lowest BCUT2D eigenvalue weighted by atomic mass is 9.58. The molecule has 0 saturated heterocycles. The molecule has 12 heteroatoms. The molecule has 0 amide bonds. The fraction of sp³-hybridized carbons (Fsp3) is 0.413. The van der Waals surface area contributed by atoms with Crippen molar-refractivity contribution >= 4 is 19.9 Å². The summed E-state index contributed by atoms with van der Waals surface area (Å²) in [5.41, 5.74) is 1.38. The molecule has 3 aliphatic carbocycles. The molecule has 4 aromatic rings. The maximum absolute atomic E-state index is 17.0. The van der Waals surface area contributed by atoms with Gasteiger partial charge in [0.05, 0.1) is 11.6 Å². The summed E-state index contributed by atoms with van der Waals surface area (Å²) in [5, 5.41) is 16.9. The number of ketones is 2. The van der Waals surface area contributed by atoms with Crippen molar-refractivity contribution in [2.75, 3.05) is 20.6 Å². The Hall–Kier alpha value is -4.88. The Morgan fingerprint density at radius 3 is 2.21 bits per heavy atom. The average Bonchev–Trinajstić information content (AvgIpc) is 3.80. The molecule has 1 N–H and O–H groups in total. The Kier molecular flexibility index (Phi) is 10.1. The zero-order valence-corrected chi connectivity index (χ0v) is 35.4. The molecule has 0 unspecified atom stereocenters. The molecule has 1 aromatic heterocycles. The summed E-state index contributed by atoms with van der Waals surface area (Å²) in [5.74, 6) is -2.74. The van der Waals surface area contributed by atoms with E-state index in [0.717, 1.165) is 11.1 Å². The van der Waals surface area contributed by atoms with Crippen LogP contribution in [0.3, 0.4) is 0 Å². The minimum absolute atomic E-state index is 0.00842. The number of nitrogens with zero attached hydrogens (tertiary/aromatic N) is 3. The summed E-state index contributed by atoms with van der Waals surface area (Å²) in [4.78, 5) is 34.9. The van der Waals surface area contributed by atoms with Crippen molar-refractivity contribution in [3.05, 3.63) is 135 Å². The molecule has 10 nitrogen and oxygen atoms in total. The Morgan fingerprint density at radius 2 is 1.60 bits per heavy atom. The second-order valence-electron chi connectivity index (χ2n) is 17.9. The van der Waals surface area contributed by atoms with E-state index in [-0.39, 0.29) is 54.2 Å². The van der Waals surface area contributed by atoms with Crippen LogP contribution in [-0.2, 0) is 37.2 Å². The lowest BCUT2D eigenvalue weighted by Gasteiger charge is -2.55. The monoisotopic (exact) mass is 805 g/mol. The Bertz CT molecular complexity index is 2320. The molecule has 4 atom stereocenters. The second-order valence-corrected chi connectivity index (χ2v) is 22.6. The van der Waals surface area contributed by atoms with Crippen molar-refractivity contribution < 1.29 is 37.5 Å². The van der Waals surface area contributed by atoms with Crippen LogP contribution in [0.1, 0.15) is 87.5 Å². The largest absolute Gasteiger partial charge is 0.508 e. The molecule has 1 aliphatic heterocycles. The zero-order chi connectivity index (χ0) is 41.3. The topological polar surface area (TPSA) is 115 Å². The predicted octanol–water partition coefficient (Wildman–Crippen LogP) is 8.92. The summed E-state index contributed by atoms with van der Waals surface area (Å²) in [6, 6.07) is 18.5. The molecule has 304 valence electrons. The highest BCUT2D eigenvalue weighted by molar-refractivity contribution is 6.74. The number of hydrogen-bond donors (Lipinski definition) is 1. The lowest BCUT2D eigenvalue weighted by Crippen LogP contribution is -2.65. The minimum atomic E-state index is -2.93. The Morgan fingerprint density at radius 1 is 0.983 bits per heavy atom. The van der Waals surface area contributed by atoms with Gasteiger partial charge in [-0.15, -0.1) is 6.58 Å². The SMILES string of the molecule is C=CCN1Cc2c(F)c3c(c(OCc4ccccc4)c2C1)C(=O)C1=C(O)[C@]2(O[Si](C)(C)C(C)(C)C)C(=O)c4c(OCc5ccccc5)noc4[C@@H](N(C)C)[C@@H]2C[C@@H]1C3. The number of carbonyl (C=O) groups excluding carboxylic acids is 2. The first kappa shape index (κ1) is 39.9. The number of rotatable bonds is 11. The van der Waals surface area contributed by atoms with Crippen molar-refractivity contribution in [1.82, 2.24) is 15.0 Å².